The van der Waals surface area contributed by atoms with Crippen molar-refractivity contribution in [2.24, 2.45) is 0 Å². The lowest BCUT2D eigenvalue weighted by Crippen LogP contribution is -1.89. The van der Waals surface area contributed by atoms with Gasteiger partial charge < -0.3 is 4.40 Å². The minimum atomic E-state index is 1.26. The number of fused-ring (bicyclic) bond motifs is 12. The lowest BCUT2D eigenvalue weighted by atomic mass is 9.99. The van der Waals surface area contributed by atoms with Crippen LogP contribution in [0.4, 0.5) is 0 Å². The Kier molecular flexibility index (Phi) is 2.68. The molecule has 0 unspecified atom stereocenters. The molecule has 0 aliphatic rings. The third-order valence-electron chi connectivity index (χ3n) is 5.96. The molecule has 3 aromatic heterocycles. The maximum absolute atomic E-state index is 2.40. The minimum Gasteiger partial charge on any atom is -0.315 e. The van der Waals surface area contributed by atoms with E-state index in [0.717, 1.165) is 0 Å². The van der Waals surface area contributed by atoms with Crippen LogP contribution in [0.3, 0.4) is 0 Å². The highest BCUT2D eigenvalue weighted by atomic mass is 32.1. The van der Waals surface area contributed by atoms with Crippen molar-refractivity contribution in [3.63, 3.8) is 0 Å². The van der Waals surface area contributed by atoms with Crippen LogP contribution in [0.25, 0.3) is 58.1 Å². The van der Waals surface area contributed by atoms with Gasteiger partial charge in [0.15, 0.2) is 0 Å². The Balaban J connectivity index is 1.94. The molecule has 3 heterocycles. The van der Waals surface area contributed by atoms with E-state index >= 15 is 0 Å². The molecule has 0 N–H and O–H groups in total. The number of hydrogen-bond acceptors (Lipinski definition) is 1. The van der Waals surface area contributed by atoms with Gasteiger partial charge in [0.1, 0.15) is 0 Å². The van der Waals surface area contributed by atoms with E-state index in [0.29, 0.717) is 0 Å². The van der Waals surface area contributed by atoms with Crippen LogP contribution in [0.15, 0.2) is 91.1 Å². The van der Waals surface area contributed by atoms with Crippen molar-refractivity contribution in [1.82, 2.24) is 4.40 Å². The molecule has 7 aromatic rings. The Morgan fingerprint density at radius 2 is 1.29 bits per heavy atom. The van der Waals surface area contributed by atoms with Crippen molar-refractivity contribution in [2.75, 3.05) is 0 Å². The van der Waals surface area contributed by atoms with E-state index in [9.17, 15) is 0 Å². The van der Waals surface area contributed by atoms with E-state index in [4.69, 9.17) is 0 Å². The van der Waals surface area contributed by atoms with Crippen molar-refractivity contribution < 1.29 is 0 Å². The first-order chi connectivity index (χ1) is 13.9. The van der Waals surface area contributed by atoms with Crippen molar-refractivity contribution in [3.05, 3.63) is 91.1 Å². The Morgan fingerprint density at radius 3 is 2.21 bits per heavy atom. The van der Waals surface area contributed by atoms with Gasteiger partial charge in [0.05, 0.1) is 11.0 Å². The maximum Gasteiger partial charge on any atom is 0.0620 e. The van der Waals surface area contributed by atoms with Crippen LogP contribution in [0.5, 0.6) is 0 Å². The van der Waals surface area contributed by atoms with Crippen molar-refractivity contribution in [1.29, 1.82) is 0 Å². The molecular formula is C26H15NS. The van der Waals surface area contributed by atoms with Gasteiger partial charge in [-0.05, 0) is 23.6 Å². The molecule has 0 atom stereocenters. The van der Waals surface area contributed by atoms with E-state index < -0.39 is 0 Å². The number of pyridine rings is 1. The van der Waals surface area contributed by atoms with Gasteiger partial charge in [0.25, 0.3) is 0 Å². The van der Waals surface area contributed by atoms with E-state index in [1.165, 1.54) is 58.1 Å². The van der Waals surface area contributed by atoms with E-state index in [2.05, 4.69) is 95.5 Å². The summed E-state index contributed by atoms with van der Waals surface area (Å²) in [5.41, 5.74) is 2.58. The zero-order valence-electron chi connectivity index (χ0n) is 15.0. The summed E-state index contributed by atoms with van der Waals surface area (Å²) in [6.45, 7) is 0. The molecule has 0 radical (unpaired) electrons. The van der Waals surface area contributed by atoms with Gasteiger partial charge in [-0.15, -0.1) is 11.3 Å². The molecule has 130 valence electrons. The summed E-state index contributed by atoms with van der Waals surface area (Å²) >= 11 is 1.89. The van der Waals surface area contributed by atoms with Crippen LogP contribution >= 0.6 is 11.3 Å². The number of nitrogens with zero attached hydrogens (tertiary/aromatic N) is 1. The Morgan fingerprint density at radius 1 is 0.536 bits per heavy atom. The standard InChI is InChI=1S/C26H15NS/c1-2-8-17-16(7-1)15-27-21-11-5-3-9-18(21)19-13-14-23-24(25(19)26(17)27)20-10-4-6-12-22(20)28-23/h1-15H. The number of benzene rings is 4. The highest BCUT2D eigenvalue weighted by molar-refractivity contribution is 7.26. The van der Waals surface area contributed by atoms with E-state index in [1.807, 2.05) is 11.3 Å². The first-order valence-electron chi connectivity index (χ1n) is 9.55. The molecule has 0 spiro atoms. The third-order valence-corrected chi connectivity index (χ3v) is 7.10. The molecule has 0 saturated carbocycles. The van der Waals surface area contributed by atoms with Crippen molar-refractivity contribution >= 4 is 69.5 Å². The van der Waals surface area contributed by atoms with Gasteiger partial charge >= 0.3 is 0 Å². The molecule has 7 rings (SSSR count). The van der Waals surface area contributed by atoms with Gasteiger partial charge in [0.2, 0.25) is 0 Å². The number of para-hydroxylation sites is 1. The van der Waals surface area contributed by atoms with Crippen molar-refractivity contribution in [2.45, 2.75) is 0 Å². The number of hydrogen-bond donors (Lipinski definition) is 0. The average molecular weight is 373 g/mol. The normalized spacial score (nSPS) is 12.3. The summed E-state index contributed by atoms with van der Waals surface area (Å²) in [4.78, 5) is 0. The first-order valence-corrected chi connectivity index (χ1v) is 10.4. The van der Waals surface area contributed by atoms with E-state index in [1.54, 1.807) is 0 Å². The molecule has 0 saturated heterocycles. The van der Waals surface area contributed by atoms with Crippen LogP contribution in [0, 0.1) is 0 Å². The lowest BCUT2D eigenvalue weighted by Gasteiger charge is -2.11. The summed E-state index contributed by atoms with van der Waals surface area (Å²) in [5, 5.41) is 9.37. The van der Waals surface area contributed by atoms with Crippen LogP contribution in [-0.4, -0.2) is 4.40 Å². The predicted molar refractivity (Wildman–Crippen MR) is 123 cm³/mol. The number of thiophene rings is 1. The van der Waals surface area contributed by atoms with Gasteiger partial charge in [0, 0.05) is 47.9 Å². The summed E-state index contributed by atoms with van der Waals surface area (Å²) in [7, 11) is 0. The second kappa shape index (κ2) is 5.12. The van der Waals surface area contributed by atoms with Crippen LogP contribution in [0.1, 0.15) is 0 Å². The molecule has 0 bridgehead atoms. The van der Waals surface area contributed by atoms with Crippen molar-refractivity contribution in [3.8, 4) is 0 Å². The van der Waals surface area contributed by atoms with Gasteiger partial charge in [-0.1, -0.05) is 66.7 Å². The zero-order chi connectivity index (χ0) is 18.2. The summed E-state index contributed by atoms with van der Waals surface area (Å²) in [5.74, 6) is 0. The second-order valence-corrected chi connectivity index (χ2v) is 8.50. The smallest absolute Gasteiger partial charge is 0.0620 e. The molecule has 0 aliphatic heterocycles. The fraction of sp³-hybridized carbons (Fsp3) is 0. The Labute approximate surface area is 165 Å². The molecule has 2 heteroatoms. The van der Waals surface area contributed by atoms with Crippen LogP contribution in [-0.2, 0) is 0 Å². The van der Waals surface area contributed by atoms with Gasteiger partial charge in [-0.2, -0.15) is 0 Å². The summed E-state index contributed by atoms with van der Waals surface area (Å²) in [6, 6.07) is 30.9. The largest absolute Gasteiger partial charge is 0.315 e. The monoisotopic (exact) mass is 373 g/mol. The molecule has 28 heavy (non-hydrogen) atoms. The summed E-state index contributed by atoms with van der Waals surface area (Å²) in [6.07, 6.45) is 2.29. The Hall–Kier alpha value is -3.36. The molecular weight excluding hydrogens is 358 g/mol. The SMILES string of the molecule is c1ccc2c(c1)cn1c3ccccc3c3ccc4sc5ccccc5c4c3c21. The molecule has 4 aromatic carbocycles. The number of aromatic nitrogens is 1. The van der Waals surface area contributed by atoms with Crippen LogP contribution < -0.4 is 0 Å². The molecule has 1 nitrogen and oxygen atoms in total. The van der Waals surface area contributed by atoms with Gasteiger partial charge in [-0.25, -0.2) is 0 Å². The quantitative estimate of drug-likeness (QED) is 0.239. The van der Waals surface area contributed by atoms with Gasteiger partial charge in [-0.3, -0.25) is 0 Å². The Bertz CT molecular complexity index is 1720. The van der Waals surface area contributed by atoms with E-state index in [-0.39, 0.29) is 0 Å². The number of rotatable bonds is 0. The molecule has 0 fully saturated rings. The third kappa shape index (κ3) is 1.71. The summed E-state index contributed by atoms with van der Waals surface area (Å²) < 4.78 is 5.11. The van der Waals surface area contributed by atoms with Crippen LogP contribution in [0.2, 0.25) is 0 Å². The fourth-order valence-electron chi connectivity index (χ4n) is 4.80. The minimum absolute atomic E-state index is 1.26. The average Bonchev–Trinajstić information content (AvgIpc) is 3.32. The maximum atomic E-state index is 2.40. The first kappa shape index (κ1) is 14.7. The predicted octanol–water partition coefficient (Wildman–Crippen LogP) is 7.77. The zero-order valence-corrected chi connectivity index (χ0v) is 15.8. The highest BCUT2D eigenvalue weighted by Crippen LogP contribution is 2.43. The fourth-order valence-corrected chi connectivity index (χ4v) is 5.92. The second-order valence-electron chi connectivity index (χ2n) is 7.41. The molecule has 0 aliphatic carbocycles. The lowest BCUT2D eigenvalue weighted by molar-refractivity contribution is 1.30. The molecule has 0 amide bonds. The topological polar surface area (TPSA) is 4.41 Å². The highest BCUT2D eigenvalue weighted by Gasteiger charge is 2.17.